The third-order valence-electron chi connectivity index (χ3n) is 6.56. The first kappa shape index (κ1) is 26.7. The van der Waals surface area contributed by atoms with Gasteiger partial charge in [0.25, 0.3) is 5.91 Å². The Bertz CT molecular complexity index is 1410. The Morgan fingerprint density at radius 2 is 1.68 bits per heavy atom. The predicted molar refractivity (Wildman–Crippen MR) is 151 cm³/mol. The van der Waals surface area contributed by atoms with Gasteiger partial charge in [-0.3, -0.25) is 19.5 Å². The maximum atomic E-state index is 13.2. The quantitative estimate of drug-likeness (QED) is 0.296. The van der Waals surface area contributed by atoms with Crippen molar-refractivity contribution in [2.45, 2.75) is 33.6 Å². The van der Waals surface area contributed by atoms with Crippen LogP contribution in [0.1, 0.15) is 48.2 Å². The van der Waals surface area contributed by atoms with Crippen molar-refractivity contribution in [1.82, 2.24) is 14.5 Å². The number of nitrogens with zero attached hydrogens (tertiary/aromatic N) is 3. The van der Waals surface area contributed by atoms with Gasteiger partial charge in [-0.2, -0.15) is 0 Å². The molecule has 3 aromatic carbocycles. The Balaban J connectivity index is 1.62. The number of carbonyl (C=O) groups excluding carboxylic acids is 2. The van der Waals surface area contributed by atoms with E-state index in [-0.39, 0.29) is 18.4 Å². The lowest BCUT2D eigenvalue weighted by Gasteiger charge is -2.21. The van der Waals surface area contributed by atoms with Crippen molar-refractivity contribution in [1.29, 1.82) is 0 Å². The van der Waals surface area contributed by atoms with Crippen molar-refractivity contribution < 1.29 is 14.3 Å². The summed E-state index contributed by atoms with van der Waals surface area (Å²) in [6.45, 7) is 8.38. The third kappa shape index (κ3) is 5.94. The summed E-state index contributed by atoms with van der Waals surface area (Å²) >= 11 is 0. The standard InChI is InChI=1S/C31H34N4O3/c1-6-34(30(37)27-10-8-7-9-22(27)4)20-29(36)33-31-32-28(24-13-17-26(38-5)18-14-24)19-35(31)25-15-11-23(12-16-25)21(2)3/h7-19,21H,6,20H2,1-5H3,(H,32,33,36). The molecule has 0 radical (unpaired) electrons. The molecule has 0 bridgehead atoms. The summed E-state index contributed by atoms with van der Waals surface area (Å²) in [5, 5.41) is 2.94. The first-order valence-corrected chi connectivity index (χ1v) is 12.8. The van der Waals surface area contributed by atoms with Crippen LogP contribution in [0, 0.1) is 6.92 Å². The van der Waals surface area contributed by atoms with Crippen molar-refractivity contribution in [2.75, 3.05) is 25.5 Å². The van der Waals surface area contributed by atoms with Crippen LogP contribution in [0.25, 0.3) is 16.9 Å². The number of rotatable bonds is 9. The van der Waals surface area contributed by atoms with Gasteiger partial charge in [-0.1, -0.05) is 44.2 Å². The molecule has 1 N–H and O–H groups in total. The highest BCUT2D eigenvalue weighted by Gasteiger charge is 2.21. The Hall–Kier alpha value is -4.39. The van der Waals surface area contributed by atoms with E-state index in [1.54, 1.807) is 13.2 Å². The molecule has 1 heterocycles. The van der Waals surface area contributed by atoms with Crippen molar-refractivity contribution in [3.8, 4) is 22.7 Å². The number of anilines is 1. The van der Waals surface area contributed by atoms with E-state index in [9.17, 15) is 9.59 Å². The van der Waals surface area contributed by atoms with Crippen LogP contribution in [0.5, 0.6) is 5.75 Å². The van der Waals surface area contributed by atoms with Gasteiger partial charge in [0.2, 0.25) is 11.9 Å². The van der Waals surface area contributed by atoms with E-state index in [0.29, 0.717) is 29.7 Å². The van der Waals surface area contributed by atoms with Crippen molar-refractivity contribution >= 4 is 17.8 Å². The summed E-state index contributed by atoms with van der Waals surface area (Å²) < 4.78 is 7.14. The van der Waals surface area contributed by atoms with Crippen LogP contribution in [0.4, 0.5) is 5.95 Å². The molecule has 0 aliphatic carbocycles. The van der Waals surface area contributed by atoms with Gasteiger partial charge in [0.15, 0.2) is 0 Å². The number of imidazole rings is 1. The Morgan fingerprint density at radius 1 is 1.00 bits per heavy atom. The Kier molecular flexibility index (Phi) is 8.26. The largest absolute Gasteiger partial charge is 0.497 e. The topological polar surface area (TPSA) is 76.5 Å². The van der Waals surface area contributed by atoms with Crippen LogP contribution >= 0.6 is 0 Å². The number of ether oxygens (including phenoxy) is 1. The minimum absolute atomic E-state index is 0.0827. The lowest BCUT2D eigenvalue weighted by atomic mass is 10.0. The van der Waals surface area contributed by atoms with Gasteiger partial charge >= 0.3 is 0 Å². The predicted octanol–water partition coefficient (Wildman–Crippen LogP) is 6.08. The monoisotopic (exact) mass is 510 g/mol. The maximum absolute atomic E-state index is 13.2. The fourth-order valence-electron chi connectivity index (χ4n) is 4.23. The molecule has 0 aliphatic heterocycles. The van der Waals surface area contributed by atoms with E-state index < -0.39 is 0 Å². The summed E-state index contributed by atoms with van der Waals surface area (Å²) in [4.78, 5) is 32.6. The van der Waals surface area contributed by atoms with Gasteiger partial charge in [-0.25, -0.2) is 4.98 Å². The molecular weight excluding hydrogens is 476 g/mol. The Morgan fingerprint density at radius 3 is 2.29 bits per heavy atom. The number of likely N-dealkylation sites (N-methyl/N-ethyl adjacent to an activating group) is 1. The van der Waals surface area contributed by atoms with Gasteiger partial charge in [0.05, 0.1) is 12.8 Å². The van der Waals surface area contributed by atoms with Crippen LogP contribution in [0.2, 0.25) is 0 Å². The van der Waals surface area contributed by atoms with Gasteiger partial charge in [0, 0.05) is 29.6 Å². The highest BCUT2D eigenvalue weighted by molar-refractivity contribution is 5.99. The number of benzene rings is 3. The smallest absolute Gasteiger partial charge is 0.254 e. The summed E-state index contributed by atoms with van der Waals surface area (Å²) in [6, 6.07) is 23.2. The highest BCUT2D eigenvalue weighted by Crippen LogP contribution is 2.27. The first-order chi connectivity index (χ1) is 18.3. The van der Waals surface area contributed by atoms with E-state index in [0.717, 1.165) is 22.6 Å². The highest BCUT2D eigenvalue weighted by atomic mass is 16.5. The molecule has 2 amide bonds. The lowest BCUT2D eigenvalue weighted by molar-refractivity contribution is -0.116. The zero-order valence-corrected chi connectivity index (χ0v) is 22.6. The number of carbonyl (C=O) groups is 2. The maximum Gasteiger partial charge on any atom is 0.254 e. The second-order valence-electron chi connectivity index (χ2n) is 9.48. The summed E-state index contributed by atoms with van der Waals surface area (Å²) in [5.41, 5.74) is 5.17. The summed E-state index contributed by atoms with van der Waals surface area (Å²) in [6.07, 6.45) is 1.90. The van der Waals surface area contributed by atoms with E-state index in [4.69, 9.17) is 9.72 Å². The molecule has 196 valence electrons. The molecule has 0 fully saturated rings. The minimum Gasteiger partial charge on any atom is -0.497 e. The van der Waals surface area contributed by atoms with E-state index >= 15 is 0 Å². The van der Waals surface area contributed by atoms with Gasteiger partial charge in [-0.15, -0.1) is 0 Å². The zero-order chi connectivity index (χ0) is 27.2. The summed E-state index contributed by atoms with van der Waals surface area (Å²) in [5.74, 6) is 1.06. The van der Waals surface area contributed by atoms with Gasteiger partial charge in [-0.05, 0) is 73.4 Å². The molecule has 1 aromatic heterocycles. The number of aromatic nitrogens is 2. The number of hydrogen-bond donors (Lipinski definition) is 1. The van der Waals surface area contributed by atoms with E-state index in [1.165, 1.54) is 10.5 Å². The molecule has 0 spiro atoms. The fourth-order valence-corrected chi connectivity index (χ4v) is 4.23. The molecule has 0 atom stereocenters. The van der Waals surface area contributed by atoms with E-state index in [1.807, 2.05) is 79.2 Å². The number of methoxy groups -OCH3 is 1. The molecular formula is C31H34N4O3. The molecule has 0 saturated heterocycles. The van der Waals surface area contributed by atoms with Crippen molar-refractivity contribution in [3.05, 3.63) is 95.7 Å². The lowest BCUT2D eigenvalue weighted by Crippen LogP contribution is -2.38. The second-order valence-corrected chi connectivity index (χ2v) is 9.48. The molecule has 0 unspecified atom stereocenters. The van der Waals surface area contributed by atoms with Crippen LogP contribution in [-0.2, 0) is 4.79 Å². The number of nitrogens with one attached hydrogen (secondary N) is 1. The van der Waals surface area contributed by atoms with Crippen LogP contribution in [0.15, 0.2) is 79.0 Å². The number of aryl methyl sites for hydroxylation is 1. The average Bonchev–Trinajstić information content (AvgIpc) is 3.35. The Labute approximate surface area is 224 Å². The normalized spacial score (nSPS) is 10.9. The second kappa shape index (κ2) is 11.8. The third-order valence-corrected chi connectivity index (χ3v) is 6.56. The molecule has 4 aromatic rings. The molecule has 7 heteroatoms. The molecule has 7 nitrogen and oxygen atoms in total. The van der Waals surface area contributed by atoms with Gasteiger partial charge < -0.3 is 9.64 Å². The van der Waals surface area contributed by atoms with E-state index in [2.05, 4.69) is 31.3 Å². The molecule has 38 heavy (non-hydrogen) atoms. The number of amides is 2. The molecule has 4 rings (SSSR count). The van der Waals surface area contributed by atoms with Crippen LogP contribution in [-0.4, -0.2) is 46.5 Å². The zero-order valence-electron chi connectivity index (χ0n) is 22.6. The van der Waals surface area contributed by atoms with Crippen LogP contribution in [0.3, 0.4) is 0 Å². The molecule has 0 saturated carbocycles. The van der Waals surface area contributed by atoms with Gasteiger partial charge in [0.1, 0.15) is 12.3 Å². The van der Waals surface area contributed by atoms with Crippen LogP contribution < -0.4 is 10.1 Å². The SMILES string of the molecule is CCN(CC(=O)Nc1nc(-c2ccc(OC)cc2)cn1-c1ccc(C(C)C)cc1)C(=O)c1ccccc1C. The summed E-state index contributed by atoms with van der Waals surface area (Å²) in [7, 11) is 1.63. The first-order valence-electron chi connectivity index (χ1n) is 12.8. The fraction of sp³-hybridized carbons (Fsp3) is 0.258. The number of hydrogen-bond acceptors (Lipinski definition) is 4. The van der Waals surface area contributed by atoms with Crippen molar-refractivity contribution in [3.63, 3.8) is 0 Å². The minimum atomic E-state index is -0.319. The average molecular weight is 511 g/mol. The van der Waals surface area contributed by atoms with Crippen molar-refractivity contribution in [2.24, 2.45) is 0 Å². The molecule has 0 aliphatic rings.